The summed E-state index contributed by atoms with van der Waals surface area (Å²) in [5.41, 5.74) is 8.72. The highest BCUT2D eigenvalue weighted by Gasteiger charge is 2.18. The molecule has 2 heterocycles. The first-order valence-electron chi connectivity index (χ1n) is 7.14. The van der Waals surface area contributed by atoms with Crippen LogP contribution in [0.5, 0.6) is 0 Å². The summed E-state index contributed by atoms with van der Waals surface area (Å²) in [5.74, 6) is 0.177. The molecule has 2 N–H and O–H groups in total. The van der Waals surface area contributed by atoms with E-state index in [0.29, 0.717) is 13.1 Å². The minimum Gasteiger partial charge on any atom is -0.341 e. The van der Waals surface area contributed by atoms with Crippen LogP contribution in [0.1, 0.15) is 42.6 Å². The predicted octanol–water partition coefficient (Wildman–Crippen LogP) is 1.36. The molecule has 1 aromatic heterocycles. The van der Waals surface area contributed by atoms with Crippen LogP contribution in [0.2, 0.25) is 0 Å². The van der Waals surface area contributed by atoms with Crippen molar-refractivity contribution >= 4 is 5.91 Å². The van der Waals surface area contributed by atoms with E-state index >= 15 is 0 Å². The van der Waals surface area contributed by atoms with Crippen molar-refractivity contribution in [1.29, 1.82) is 0 Å². The highest BCUT2D eigenvalue weighted by atomic mass is 16.2. The number of likely N-dealkylation sites (tertiary alicyclic amines) is 1. The van der Waals surface area contributed by atoms with Gasteiger partial charge in [0, 0.05) is 30.9 Å². The Labute approximate surface area is 114 Å². The molecular formula is C14H24N4O. The SMILES string of the molecule is Cc1nn(CC(=O)N2CCCCCC2)c(C)c1CN. The van der Waals surface area contributed by atoms with E-state index in [1.54, 1.807) is 4.68 Å². The molecule has 5 heteroatoms. The molecule has 1 aliphatic rings. The summed E-state index contributed by atoms with van der Waals surface area (Å²) in [7, 11) is 0. The van der Waals surface area contributed by atoms with Crippen molar-refractivity contribution < 1.29 is 4.79 Å². The first-order chi connectivity index (χ1) is 9.13. The Bertz CT molecular complexity index is 445. The number of carbonyl (C=O) groups excluding carboxylic acids is 1. The summed E-state index contributed by atoms with van der Waals surface area (Å²) in [5, 5.41) is 4.43. The number of nitrogens with zero attached hydrogens (tertiary/aromatic N) is 3. The molecule has 2 rings (SSSR count). The van der Waals surface area contributed by atoms with Gasteiger partial charge >= 0.3 is 0 Å². The van der Waals surface area contributed by atoms with Crippen molar-refractivity contribution in [3.05, 3.63) is 17.0 Å². The zero-order valence-electron chi connectivity index (χ0n) is 12.0. The molecule has 0 saturated carbocycles. The summed E-state index contributed by atoms with van der Waals surface area (Å²) in [6, 6.07) is 0. The Morgan fingerprint density at radius 3 is 2.37 bits per heavy atom. The van der Waals surface area contributed by atoms with E-state index in [4.69, 9.17) is 5.73 Å². The van der Waals surface area contributed by atoms with Crippen molar-refractivity contribution in [2.75, 3.05) is 13.1 Å². The molecular weight excluding hydrogens is 240 g/mol. The van der Waals surface area contributed by atoms with Gasteiger partial charge in [0.1, 0.15) is 6.54 Å². The van der Waals surface area contributed by atoms with Crippen LogP contribution in [0.4, 0.5) is 0 Å². The Morgan fingerprint density at radius 2 is 1.84 bits per heavy atom. The summed E-state index contributed by atoms with van der Waals surface area (Å²) in [6.07, 6.45) is 4.72. The number of hydrogen-bond acceptors (Lipinski definition) is 3. The van der Waals surface area contributed by atoms with Crippen LogP contribution in [0.25, 0.3) is 0 Å². The van der Waals surface area contributed by atoms with Gasteiger partial charge in [0.15, 0.2) is 0 Å². The lowest BCUT2D eigenvalue weighted by molar-refractivity contribution is -0.132. The number of nitrogens with two attached hydrogens (primary N) is 1. The van der Waals surface area contributed by atoms with Crippen LogP contribution < -0.4 is 5.73 Å². The number of aromatic nitrogens is 2. The Hall–Kier alpha value is -1.36. The molecule has 0 aromatic carbocycles. The Kier molecular flexibility index (Phi) is 4.58. The zero-order valence-corrected chi connectivity index (χ0v) is 12.0. The summed E-state index contributed by atoms with van der Waals surface area (Å²) in [6.45, 7) is 6.53. The molecule has 1 amide bonds. The lowest BCUT2D eigenvalue weighted by Crippen LogP contribution is -2.35. The van der Waals surface area contributed by atoms with Gasteiger partial charge in [0.2, 0.25) is 5.91 Å². The molecule has 1 saturated heterocycles. The van der Waals surface area contributed by atoms with Crippen molar-refractivity contribution in [3.63, 3.8) is 0 Å². The lowest BCUT2D eigenvalue weighted by Gasteiger charge is -2.20. The number of rotatable bonds is 3. The van der Waals surface area contributed by atoms with E-state index in [9.17, 15) is 4.79 Å². The molecule has 0 spiro atoms. The quantitative estimate of drug-likeness (QED) is 0.896. The van der Waals surface area contributed by atoms with E-state index in [0.717, 1.165) is 42.9 Å². The molecule has 0 radical (unpaired) electrons. The lowest BCUT2D eigenvalue weighted by atomic mass is 10.2. The Morgan fingerprint density at radius 1 is 1.21 bits per heavy atom. The second kappa shape index (κ2) is 6.19. The fourth-order valence-electron chi connectivity index (χ4n) is 2.73. The van der Waals surface area contributed by atoms with Crippen LogP contribution in [0, 0.1) is 13.8 Å². The summed E-state index contributed by atoms with van der Waals surface area (Å²) in [4.78, 5) is 14.3. The minimum absolute atomic E-state index is 0.177. The normalized spacial score (nSPS) is 16.5. The van der Waals surface area contributed by atoms with E-state index < -0.39 is 0 Å². The second-order valence-electron chi connectivity index (χ2n) is 5.31. The van der Waals surface area contributed by atoms with Crippen molar-refractivity contribution in [2.24, 2.45) is 5.73 Å². The van der Waals surface area contributed by atoms with Gasteiger partial charge < -0.3 is 10.6 Å². The number of carbonyl (C=O) groups is 1. The molecule has 106 valence electrons. The van der Waals surface area contributed by atoms with Crippen LogP contribution in [0.3, 0.4) is 0 Å². The monoisotopic (exact) mass is 264 g/mol. The highest BCUT2D eigenvalue weighted by molar-refractivity contribution is 5.76. The van der Waals surface area contributed by atoms with Crippen molar-refractivity contribution in [2.45, 2.75) is 52.6 Å². The van der Waals surface area contributed by atoms with Gasteiger partial charge in [-0.1, -0.05) is 12.8 Å². The van der Waals surface area contributed by atoms with Gasteiger partial charge in [-0.2, -0.15) is 5.10 Å². The maximum Gasteiger partial charge on any atom is 0.244 e. The maximum atomic E-state index is 12.3. The third kappa shape index (κ3) is 3.15. The Balaban J connectivity index is 2.05. The minimum atomic E-state index is 0.177. The van der Waals surface area contributed by atoms with Gasteiger partial charge in [-0.3, -0.25) is 9.48 Å². The standard InChI is InChI=1S/C14H24N4O/c1-11-13(9-15)12(2)18(16-11)10-14(19)17-7-5-3-4-6-8-17/h3-10,15H2,1-2H3. The number of aryl methyl sites for hydroxylation is 1. The third-order valence-corrected chi connectivity index (χ3v) is 3.98. The smallest absolute Gasteiger partial charge is 0.244 e. The van der Waals surface area contributed by atoms with Crippen LogP contribution in [0.15, 0.2) is 0 Å². The summed E-state index contributed by atoms with van der Waals surface area (Å²) >= 11 is 0. The first-order valence-corrected chi connectivity index (χ1v) is 7.14. The summed E-state index contributed by atoms with van der Waals surface area (Å²) < 4.78 is 1.80. The molecule has 0 atom stereocenters. The topological polar surface area (TPSA) is 64.2 Å². The van der Waals surface area contributed by atoms with E-state index in [-0.39, 0.29) is 5.91 Å². The second-order valence-corrected chi connectivity index (χ2v) is 5.31. The molecule has 0 aliphatic carbocycles. The van der Waals surface area contributed by atoms with Crippen LogP contribution in [-0.2, 0) is 17.9 Å². The van der Waals surface area contributed by atoms with Gasteiger partial charge in [-0.15, -0.1) is 0 Å². The van der Waals surface area contributed by atoms with Gasteiger partial charge in [0.25, 0.3) is 0 Å². The molecule has 1 fully saturated rings. The highest BCUT2D eigenvalue weighted by Crippen LogP contribution is 2.14. The number of hydrogen-bond donors (Lipinski definition) is 1. The molecule has 1 aliphatic heterocycles. The van der Waals surface area contributed by atoms with Crippen LogP contribution >= 0.6 is 0 Å². The molecule has 5 nitrogen and oxygen atoms in total. The van der Waals surface area contributed by atoms with Gasteiger partial charge in [0.05, 0.1) is 5.69 Å². The van der Waals surface area contributed by atoms with Crippen molar-refractivity contribution in [3.8, 4) is 0 Å². The van der Waals surface area contributed by atoms with E-state index in [2.05, 4.69) is 5.10 Å². The maximum absolute atomic E-state index is 12.3. The van der Waals surface area contributed by atoms with E-state index in [1.165, 1.54) is 12.8 Å². The third-order valence-electron chi connectivity index (χ3n) is 3.98. The van der Waals surface area contributed by atoms with Crippen molar-refractivity contribution in [1.82, 2.24) is 14.7 Å². The fourth-order valence-corrected chi connectivity index (χ4v) is 2.73. The molecule has 1 aromatic rings. The fraction of sp³-hybridized carbons (Fsp3) is 0.714. The van der Waals surface area contributed by atoms with Gasteiger partial charge in [-0.05, 0) is 26.7 Å². The van der Waals surface area contributed by atoms with E-state index in [1.807, 2.05) is 18.7 Å². The number of amides is 1. The average molecular weight is 264 g/mol. The largest absolute Gasteiger partial charge is 0.341 e. The van der Waals surface area contributed by atoms with Crippen LogP contribution in [-0.4, -0.2) is 33.7 Å². The molecule has 0 bridgehead atoms. The predicted molar refractivity (Wildman–Crippen MR) is 74.6 cm³/mol. The zero-order chi connectivity index (χ0) is 13.8. The first kappa shape index (κ1) is 14.1. The molecule has 19 heavy (non-hydrogen) atoms. The van der Waals surface area contributed by atoms with Gasteiger partial charge in [-0.25, -0.2) is 0 Å². The average Bonchev–Trinajstić information content (AvgIpc) is 2.62. The molecule has 0 unspecified atom stereocenters.